The summed E-state index contributed by atoms with van der Waals surface area (Å²) in [5, 5.41) is -7.82. The van der Waals surface area contributed by atoms with Crippen molar-refractivity contribution in [2.75, 3.05) is 0 Å². The Balaban J connectivity index is 1.58. The second-order valence-corrected chi connectivity index (χ2v) is 10.7. The molecule has 0 saturated carbocycles. The van der Waals surface area contributed by atoms with Crippen LogP contribution in [0, 0.1) is 75.6 Å². The van der Waals surface area contributed by atoms with Gasteiger partial charge in [-0.1, -0.05) is 36.4 Å². The number of hydrogen-bond donors (Lipinski definition) is 0. The maximum absolute atomic E-state index is 15.9. The summed E-state index contributed by atoms with van der Waals surface area (Å²) in [5.74, 6) is -29.0. The highest BCUT2D eigenvalue weighted by atomic mass is 19.2. The summed E-state index contributed by atoms with van der Waals surface area (Å²) in [6.07, 6.45) is 0. The fraction of sp³-hybridized carbons (Fsp3) is 0. The Hall–Kier alpha value is -5.67. The van der Waals surface area contributed by atoms with E-state index in [9.17, 15) is 30.7 Å². The van der Waals surface area contributed by atoms with Gasteiger partial charge >= 0.3 is 7.12 Å². The van der Waals surface area contributed by atoms with Gasteiger partial charge in [0.05, 0.1) is 27.0 Å². The van der Waals surface area contributed by atoms with E-state index in [0.717, 1.165) is 60.7 Å². The molecule has 16 heteroatoms. The van der Waals surface area contributed by atoms with Crippen molar-refractivity contribution in [3.63, 3.8) is 0 Å². The van der Waals surface area contributed by atoms with E-state index in [-0.39, 0.29) is 5.39 Å². The first-order valence-electron chi connectivity index (χ1n) is 13.9. The van der Waals surface area contributed by atoms with Gasteiger partial charge in [0, 0.05) is 10.8 Å². The van der Waals surface area contributed by atoms with Gasteiger partial charge in [-0.25, -0.2) is 57.1 Å². The molecule has 0 amide bonds. The van der Waals surface area contributed by atoms with Crippen LogP contribution < -0.4 is 14.8 Å². The molecule has 0 N–H and O–H groups in total. The molecule has 0 aliphatic carbocycles. The summed E-state index contributed by atoms with van der Waals surface area (Å²) in [7, 11) is -2.76. The highest BCUT2D eigenvalue weighted by Gasteiger charge is 2.39. The van der Waals surface area contributed by atoms with Gasteiger partial charge in [0.15, 0.2) is 64.0 Å². The van der Waals surface area contributed by atoms with Gasteiger partial charge < -0.3 is 9.31 Å². The predicted molar refractivity (Wildman–Crippen MR) is 155 cm³/mol. The van der Waals surface area contributed by atoms with E-state index in [1.165, 1.54) is 0 Å². The molecule has 7 rings (SSSR count). The van der Waals surface area contributed by atoms with Crippen LogP contribution >= 0.6 is 0 Å². The van der Waals surface area contributed by atoms with Crippen molar-refractivity contribution in [1.82, 2.24) is 0 Å². The van der Waals surface area contributed by atoms with Gasteiger partial charge in [0.25, 0.3) is 0 Å². The second kappa shape index (κ2) is 11.7. The standard InChI is InChI=1S/C34H10BF13O2/c36-15-7-1-4-11-10-14-21(25(39)18(11)15)28(42)32(46)29(43)22(14)35(49-16-8-2-5-12-19(16)26(40)33(47)30(44)23(12)37)50-17-9-3-6-13-20(17)27(41)34(48)31(45)24(13)38/h1-10H. The van der Waals surface area contributed by atoms with Gasteiger partial charge in [0.2, 0.25) is 0 Å². The van der Waals surface area contributed by atoms with Crippen LogP contribution in [0.5, 0.6) is 11.5 Å². The average Bonchev–Trinajstić information content (AvgIpc) is 3.10. The minimum atomic E-state index is -2.76. The fourth-order valence-electron chi connectivity index (χ4n) is 5.75. The van der Waals surface area contributed by atoms with Crippen LogP contribution in [0.15, 0.2) is 60.7 Å². The molecule has 0 aromatic heterocycles. The van der Waals surface area contributed by atoms with E-state index in [0.29, 0.717) is 0 Å². The molecular formula is C34H10BF13O2. The first kappa shape index (κ1) is 32.9. The third-order valence-corrected chi connectivity index (χ3v) is 8.01. The van der Waals surface area contributed by atoms with Gasteiger partial charge in [-0.3, -0.25) is 0 Å². The summed E-state index contributed by atoms with van der Waals surface area (Å²) in [4.78, 5) is 0. The van der Waals surface area contributed by atoms with Crippen LogP contribution in [0.25, 0.3) is 43.1 Å². The Kier molecular flexibility index (Phi) is 7.72. The third kappa shape index (κ3) is 4.68. The molecule has 0 radical (unpaired) electrons. The summed E-state index contributed by atoms with van der Waals surface area (Å²) in [6.45, 7) is 0. The monoisotopic (exact) mass is 708 g/mol. The van der Waals surface area contributed by atoms with Crippen LogP contribution in [0.2, 0.25) is 0 Å². The molecule has 0 heterocycles. The first-order chi connectivity index (χ1) is 23.7. The second-order valence-electron chi connectivity index (χ2n) is 10.7. The van der Waals surface area contributed by atoms with Gasteiger partial charge in [0.1, 0.15) is 23.1 Å². The van der Waals surface area contributed by atoms with Crippen molar-refractivity contribution in [2.24, 2.45) is 0 Å². The molecule has 0 unspecified atom stereocenters. The maximum atomic E-state index is 15.9. The first-order valence-corrected chi connectivity index (χ1v) is 13.9. The summed E-state index contributed by atoms with van der Waals surface area (Å²) < 4.78 is 205. The zero-order valence-corrected chi connectivity index (χ0v) is 24.1. The highest BCUT2D eigenvalue weighted by molar-refractivity contribution is 6.66. The molecule has 0 atom stereocenters. The van der Waals surface area contributed by atoms with Crippen molar-refractivity contribution in [3.05, 3.63) is 136 Å². The summed E-state index contributed by atoms with van der Waals surface area (Å²) >= 11 is 0. The molecule has 0 saturated heterocycles. The lowest BCUT2D eigenvalue weighted by molar-refractivity contribution is 0.409. The number of fused-ring (bicyclic) bond motifs is 4. The van der Waals surface area contributed by atoms with Crippen molar-refractivity contribution in [2.45, 2.75) is 0 Å². The number of hydrogen-bond acceptors (Lipinski definition) is 2. The Morgan fingerprint density at radius 1 is 0.360 bits per heavy atom. The smallest absolute Gasteiger partial charge is 0.521 e. The van der Waals surface area contributed by atoms with Crippen LogP contribution in [-0.2, 0) is 0 Å². The molecule has 2 nitrogen and oxygen atoms in total. The van der Waals surface area contributed by atoms with E-state index >= 15 is 26.3 Å². The van der Waals surface area contributed by atoms with Crippen molar-refractivity contribution < 1.29 is 66.4 Å². The highest BCUT2D eigenvalue weighted by Crippen LogP contribution is 2.38. The maximum Gasteiger partial charge on any atom is 0.636 e. The molecule has 252 valence electrons. The summed E-state index contributed by atoms with van der Waals surface area (Å²) in [5.41, 5.74) is -1.33. The fourth-order valence-corrected chi connectivity index (χ4v) is 5.75. The topological polar surface area (TPSA) is 18.5 Å². The quantitative estimate of drug-likeness (QED) is 0.0583. The molecule has 0 spiro atoms. The minimum absolute atomic E-state index is 0.368. The Bertz CT molecular complexity index is 2510. The average molecular weight is 708 g/mol. The third-order valence-electron chi connectivity index (χ3n) is 8.01. The van der Waals surface area contributed by atoms with Gasteiger partial charge in [-0.2, -0.15) is 0 Å². The SMILES string of the molecule is Fc1c(F)c(F)c2c(OB(Oc3cccc4c(F)c(F)c(F)c(F)c34)c3c(F)c(F)c(F)c4c(F)c5c(F)cccc5cc34)cccc2c1F. The van der Waals surface area contributed by atoms with Crippen LogP contribution in [0.1, 0.15) is 0 Å². The molecule has 50 heavy (non-hydrogen) atoms. The van der Waals surface area contributed by atoms with Crippen molar-refractivity contribution in [3.8, 4) is 11.5 Å². The van der Waals surface area contributed by atoms with Crippen molar-refractivity contribution >= 4 is 55.7 Å². The molecule has 0 bridgehead atoms. The molecule has 7 aromatic carbocycles. The lowest BCUT2D eigenvalue weighted by atomic mass is 9.74. The Labute approximate surface area is 270 Å². The molecule has 0 aliphatic rings. The van der Waals surface area contributed by atoms with E-state index in [1.54, 1.807) is 0 Å². The van der Waals surface area contributed by atoms with Gasteiger partial charge in [-0.05, 0) is 35.0 Å². The number of benzene rings is 7. The van der Waals surface area contributed by atoms with Crippen LogP contribution in [0.4, 0.5) is 57.1 Å². The van der Waals surface area contributed by atoms with E-state index in [4.69, 9.17) is 9.31 Å². The Morgan fingerprint density at radius 3 is 1.32 bits per heavy atom. The van der Waals surface area contributed by atoms with Crippen molar-refractivity contribution in [1.29, 1.82) is 0 Å². The minimum Gasteiger partial charge on any atom is -0.521 e. The molecule has 0 aliphatic heterocycles. The Morgan fingerprint density at radius 2 is 0.800 bits per heavy atom. The van der Waals surface area contributed by atoms with E-state index in [1.807, 2.05) is 0 Å². The predicted octanol–water partition coefficient (Wildman–Crippen LogP) is 9.96. The van der Waals surface area contributed by atoms with Gasteiger partial charge in [-0.15, -0.1) is 0 Å². The van der Waals surface area contributed by atoms with E-state index < -0.39 is 137 Å². The normalized spacial score (nSPS) is 11.7. The molecule has 7 aromatic rings. The zero-order valence-electron chi connectivity index (χ0n) is 24.1. The van der Waals surface area contributed by atoms with Crippen LogP contribution in [0.3, 0.4) is 0 Å². The lowest BCUT2D eigenvalue weighted by Gasteiger charge is -2.22. The number of rotatable bonds is 5. The molecule has 0 fully saturated rings. The largest absolute Gasteiger partial charge is 0.636 e. The lowest BCUT2D eigenvalue weighted by Crippen LogP contribution is -2.46. The number of halogens is 13. The molecular weight excluding hydrogens is 698 g/mol. The zero-order chi connectivity index (χ0) is 35.9. The van der Waals surface area contributed by atoms with Crippen LogP contribution in [-0.4, -0.2) is 7.12 Å². The van der Waals surface area contributed by atoms with E-state index in [2.05, 4.69) is 0 Å². The summed E-state index contributed by atoms with van der Waals surface area (Å²) in [6, 6.07) is 8.55.